The molecule has 0 aromatic carbocycles. The Bertz CT molecular complexity index is 476. The van der Waals surface area contributed by atoms with Gasteiger partial charge in [0.15, 0.2) is 0 Å². The summed E-state index contributed by atoms with van der Waals surface area (Å²) in [5, 5.41) is 7.36. The molecule has 2 heterocycles. The van der Waals surface area contributed by atoms with Gasteiger partial charge in [0.1, 0.15) is 17.1 Å². The molecular formula is C13H18FN3O2. The highest BCUT2D eigenvalue weighted by Gasteiger charge is 2.47. The lowest BCUT2D eigenvalue weighted by molar-refractivity contribution is -0.133. The van der Waals surface area contributed by atoms with E-state index < -0.39 is 5.67 Å². The average Bonchev–Trinajstić information content (AvgIpc) is 3.17. The SMILES string of the molecule is Cc1nonc1CC(=O)N1CCC(F)(C2CC2)CC1. The van der Waals surface area contributed by atoms with E-state index in [0.717, 1.165) is 12.8 Å². The number of aryl methyl sites for hydroxylation is 1. The Morgan fingerprint density at radius 2 is 2.11 bits per heavy atom. The summed E-state index contributed by atoms with van der Waals surface area (Å²) in [6.07, 6.45) is 3.15. The Kier molecular flexibility index (Phi) is 3.03. The second-order valence-corrected chi connectivity index (χ2v) is 5.66. The van der Waals surface area contributed by atoms with E-state index in [1.807, 2.05) is 0 Å². The Balaban J connectivity index is 1.56. The lowest BCUT2D eigenvalue weighted by Gasteiger charge is -2.36. The number of hydrogen-bond donors (Lipinski definition) is 0. The van der Waals surface area contributed by atoms with E-state index in [9.17, 15) is 9.18 Å². The molecular weight excluding hydrogens is 249 g/mol. The zero-order chi connectivity index (χ0) is 13.5. The number of hydrogen-bond acceptors (Lipinski definition) is 4. The van der Waals surface area contributed by atoms with Crippen molar-refractivity contribution in [3.8, 4) is 0 Å². The zero-order valence-corrected chi connectivity index (χ0v) is 11.1. The van der Waals surface area contributed by atoms with Crippen molar-refractivity contribution in [1.29, 1.82) is 0 Å². The van der Waals surface area contributed by atoms with Gasteiger partial charge in [0.05, 0.1) is 6.42 Å². The van der Waals surface area contributed by atoms with Gasteiger partial charge < -0.3 is 4.90 Å². The predicted octanol–water partition coefficient (Wildman–Crippen LogP) is 1.66. The van der Waals surface area contributed by atoms with E-state index in [4.69, 9.17) is 0 Å². The van der Waals surface area contributed by atoms with Gasteiger partial charge >= 0.3 is 0 Å². The van der Waals surface area contributed by atoms with Crippen LogP contribution in [0.5, 0.6) is 0 Å². The van der Waals surface area contributed by atoms with Gasteiger partial charge in [-0.15, -0.1) is 0 Å². The molecule has 1 aliphatic heterocycles. The van der Waals surface area contributed by atoms with Crippen LogP contribution >= 0.6 is 0 Å². The number of carbonyl (C=O) groups is 1. The van der Waals surface area contributed by atoms with Gasteiger partial charge in [0.2, 0.25) is 5.91 Å². The standard InChI is InChI=1S/C13H18FN3O2/c1-9-11(16-19-15-9)8-12(18)17-6-4-13(14,5-7-17)10-2-3-10/h10H,2-8H2,1H3. The number of alkyl halides is 1. The number of nitrogens with zero attached hydrogens (tertiary/aromatic N) is 3. The van der Waals surface area contributed by atoms with E-state index in [1.165, 1.54) is 0 Å². The largest absolute Gasteiger partial charge is 0.342 e. The van der Waals surface area contributed by atoms with E-state index in [1.54, 1.807) is 11.8 Å². The Morgan fingerprint density at radius 3 is 2.63 bits per heavy atom. The van der Waals surface area contributed by atoms with Crippen molar-refractivity contribution in [1.82, 2.24) is 15.2 Å². The average molecular weight is 267 g/mol. The van der Waals surface area contributed by atoms with Crippen LogP contribution in [0.2, 0.25) is 0 Å². The molecule has 5 nitrogen and oxygen atoms in total. The van der Waals surface area contributed by atoms with Gasteiger partial charge in [-0.3, -0.25) is 4.79 Å². The number of carbonyl (C=O) groups excluding carboxylic acids is 1. The van der Waals surface area contributed by atoms with Crippen LogP contribution in [0, 0.1) is 12.8 Å². The number of rotatable bonds is 3. The van der Waals surface area contributed by atoms with Crippen molar-refractivity contribution in [2.24, 2.45) is 5.92 Å². The first-order valence-corrected chi connectivity index (χ1v) is 6.83. The molecule has 1 amide bonds. The van der Waals surface area contributed by atoms with Crippen LogP contribution in [0.3, 0.4) is 0 Å². The minimum Gasteiger partial charge on any atom is -0.342 e. The predicted molar refractivity (Wildman–Crippen MR) is 65.1 cm³/mol. The zero-order valence-electron chi connectivity index (χ0n) is 11.1. The lowest BCUT2D eigenvalue weighted by Crippen LogP contribution is -2.46. The molecule has 1 aromatic heterocycles. The summed E-state index contributed by atoms with van der Waals surface area (Å²) in [6.45, 7) is 2.78. The van der Waals surface area contributed by atoms with Crippen molar-refractivity contribution >= 4 is 5.91 Å². The van der Waals surface area contributed by atoms with Crippen molar-refractivity contribution in [3.63, 3.8) is 0 Å². The van der Waals surface area contributed by atoms with Crippen LogP contribution < -0.4 is 0 Å². The summed E-state index contributed by atoms with van der Waals surface area (Å²) in [5.41, 5.74) is 0.190. The van der Waals surface area contributed by atoms with Crippen LogP contribution in [0.4, 0.5) is 4.39 Å². The van der Waals surface area contributed by atoms with Crippen molar-refractivity contribution in [2.75, 3.05) is 13.1 Å². The van der Waals surface area contributed by atoms with E-state index in [-0.39, 0.29) is 18.2 Å². The summed E-state index contributed by atoms with van der Waals surface area (Å²) in [4.78, 5) is 13.8. The van der Waals surface area contributed by atoms with E-state index in [2.05, 4.69) is 14.9 Å². The fraction of sp³-hybridized carbons (Fsp3) is 0.769. The number of amides is 1. The molecule has 0 bridgehead atoms. The molecule has 0 radical (unpaired) electrons. The number of aromatic nitrogens is 2. The summed E-state index contributed by atoms with van der Waals surface area (Å²) < 4.78 is 19.0. The second-order valence-electron chi connectivity index (χ2n) is 5.66. The molecule has 104 valence electrons. The molecule has 1 saturated carbocycles. The molecule has 0 atom stereocenters. The summed E-state index contributed by atoms with van der Waals surface area (Å²) in [5.74, 6) is 0.225. The fourth-order valence-corrected chi connectivity index (χ4v) is 2.80. The van der Waals surface area contributed by atoms with Gasteiger partial charge in [-0.2, -0.15) is 0 Å². The van der Waals surface area contributed by atoms with E-state index in [0.29, 0.717) is 37.3 Å². The third kappa shape index (κ3) is 2.48. The third-order valence-electron chi connectivity index (χ3n) is 4.32. The maximum Gasteiger partial charge on any atom is 0.228 e. The second kappa shape index (κ2) is 4.58. The molecule has 1 saturated heterocycles. The highest BCUT2D eigenvalue weighted by Crippen LogP contribution is 2.47. The van der Waals surface area contributed by atoms with E-state index >= 15 is 0 Å². The number of likely N-dealkylation sites (tertiary alicyclic amines) is 1. The molecule has 2 fully saturated rings. The highest BCUT2D eigenvalue weighted by molar-refractivity contribution is 5.78. The minimum absolute atomic E-state index is 0.0170. The molecule has 1 aliphatic carbocycles. The van der Waals surface area contributed by atoms with Crippen molar-refractivity contribution < 1.29 is 13.8 Å². The quantitative estimate of drug-likeness (QED) is 0.835. The molecule has 0 spiro atoms. The summed E-state index contributed by atoms with van der Waals surface area (Å²) >= 11 is 0. The first-order chi connectivity index (χ1) is 9.08. The minimum atomic E-state index is -1.03. The molecule has 19 heavy (non-hydrogen) atoms. The smallest absolute Gasteiger partial charge is 0.228 e. The highest BCUT2D eigenvalue weighted by atomic mass is 19.1. The molecule has 0 unspecified atom stereocenters. The maximum absolute atomic E-state index is 14.5. The van der Waals surface area contributed by atoms with Crippen LogP contribution in [0.15, 0.2) is 4.63 Å². The fourth-order valence-electron chi connectivity index (χ4n) is 2.80. The molecule has 6 heteroatoms. The van der Waals surface area contributed by atoms with Crippen molar-refractivity contribution in [3.05, 3.63) is 11.4 Å². The Morgan fingerprint density at radius 1 is 1.42 bits per heavy atom. The van der Waals surface area contributed by atoms with Gasteiger partial charge in [-0.25, -0.2) is 9.02 Å². The molecule has 1 aromatic rings. The normalized spacial score (nSPS) is 22.5. The topological polar surface area (TPSA) is 59.2 Å². The number of halogens is 1. The van der Waals surface area contributed by atoms with Crippen LogP contribution in [0.25, 0.3) is 0 Å². The number of piperidine rings is 1. The third-order valence-corrected chi connectivity index (χ3v) is 4.32. The summed E-state index contributed by atoms with van der Waals surface area (Å²) in [6, 6.07) is 0. The Labute approximate surface area is 111 Å². The summed E-state index contributed by atoms with van der Waals surface area (Å²) in [7, 11) is 0. The van der Waals surface area contributed by atoms with Gasteiger partial charge in [-0.1, -0.05) is 10.3 Å². The van der Waals surface area contributed by atoms with Gasteiger partial charge in [-0.05, 0) is 38.5 Å². The first kappa shape index (κ1) is 12.6. The first-order valence-electron chi connectivity index (χ1n) is 6.83. The van der Waals surface area contributed by atoms with Crippen LogP contribution in [-0.4, -0.2) is 39.9 Å². The molecule has 2 aliphatic rings. The van der Waals surface area contributed by atoms with Crippen LogP contribution in [-0.2, 0) is 11.2 Å². The van der Waals surface area contributed by atoms with Crippen molar-refractivity contribution in [2.45, 2.75) is 44.7 Å². The molecule has 3 rings (SSSR count). The molecule has 0 N–H and O–H groups in total. The van der Waals surface area contributed by atoms with Crippen LogP contribution in [0.1, 0.15) is 37.1 Å². The lowest BCUT2D eigenvalue weighted by atomic mass is 9.88. The van der Waals surface area contributed by atoms with Gasteiger partial charge in [0.25, 0.3) is 0 Å². The monoisotopic (exact) mass is 267 g/mol. The van der Waals surface area contributed by atoms with Gasteiger partial charge in [0, 0.05) is 13.1 Å². The maximum atomic E-state index is 14.5. The Hall–Kier alpha value is -1.46.